The van der Waals surface area contributed by atoms with Crippen LogP contribution in [0.2, 0.25) is 0 Å². The Morgan fingerprint density at radius 3 is 2.39 bits per heavy atom. The Morgan fingerprint density at radius 2 is 1.61 bits per heavy atom. The zero-order chi connectivity index (χ0) is 21.4. The average molecular weight is 443 g/mol. The minimum Gasteiger partial charge on any atom is -0.486 e. The summed E-state index contributed by atoms with van der Waals surface area (Å²) in [7, 11) is -3.92. The van der Waals surface area contributed by atoms with Crippen molar-refractivity contribution in [2.75, 3.05) is 26.3 Å². The SMILES string of the molecule is O=C([C@@H]1Cc2ccccc2CN1S(=O)(=O)c1ccc2c(c1)OCCO2)N1CCCCC1. The molecule has 0 spiro atoms. The maximum atomic E-state index is 13.7. The van der Waals surface area contributed by atoms with E-state index in [0.29, 0.717) is 44.2 Å². The highest BCUT2D eigenvalue weighted by atomic mass is 32.2. The van der Waals surface area contributed by atoms with Crippen molar-refractivity contribution in [2.24, 2.45) is 0 Å². The van der Waals surface area contributed by atoms with Crippen LogP contribution < -0.4 is 9.47 Å². The lowest BCUT2D eigenvalue weighted by atomic mass is 9.94. The van der Waals surface area contributed by atoms with E-state index in [1.165, 1.54) is 16.4 Å². The molecule has 0 aliphatic carbocycles. The molecule has 0 unspecified atom stereocenters. The van der Waals surface area contributed by atoms with Crippen molar-refractivity contribution < 1.29 is 22.7 Å². The third-order valence-electron chi connectivity index (χ3n) is 6.28. The molecule has 1 fully saturated rings. The van der Waals surface area contributed by atoms with E-state index in [1.54, 1.807) is 6.07 Å². The number of nitrogens with zero attached hydrogens (tertiary/aromatic N) is 2. The summed E-state index contributed by atoms with van der Waals surface area (Å²) < 4.78 is 40.0. The number of fused-ring (bicyclic) bond motifs is 2. The number of hydrogen-bond donors (Lipinski definition) is 0. The van der Waals surface area contributed by atoms with Crippen molar-refractivity contribution in [3.05, 3.63) is 53.6 Å². The van der Waals surface area contributed by atoms with Crippen LogP contribution in [-0.4, -0.2) is 55.9 Å². The number of carbonyl (C=O) groups is 1. The molecule has 31 heavy (non-hydrogen) atoms. The second-order valence-corrected chi connectivity index (χ2v) is 10.1. The smallest absolute Gasteiger partial charge is 0.244 e. The van der Waals surface area contributed by atoms with Gasteiger partial charge in [-0.1, -0.05) is 24.3 Å². The summed E-state index contributed by atoms with van der Waals surface area (Å²) >= 11 is 0. The van der Waals surface area contributed by atoms with Gasteiger partial charge in [0.25, 0.3) is 0 Å². The summed E-state index contributed by atoms with van der Waals surface area (Å²) in [5, 5.41) is 0. The monoisotopic (exact) mass is 442 g/mol. The van der Waals surface area contributed by atoms with Gasteiger partial charge >= 0.3 is 0 Å². The highest BCUT2D eigenvalue weighted by molar-refractivity contribution is 7.89. The topological polar surface area (TPSA) is 76.2 Å². The van der Waals surface area contributed by atoms with Crippen molar-refractivity contribution in [1.29, 1.82) is 0 Å². The molecular weight excluding hydrogens is 416 g/mol. The summed E-state index contributed by atoms with van der Waals surface area (Å²) in [4.78, 5) is 15.4. The lowest BCUT2D eigenvalue weighted by Crippen LogP contribution is -2.54. The number of likely N-dealkylation sites (tertiary alicyclic amines) is 1. The molecule has 2 aromatic carbocycles. The molecule has 0 bridgehead atoms. The summed E-state index contributed by atoms with van der Waals surface area (Å²) in [6.45, 7) is 2.37. The maximum absolute atomic E-state index is 13.7. The Balaban J connectivity index is 1.52. The molecule has 0 radical (unpaired) electrons. The molecule has 164 valence electrons. The molecule has 1 saturated heterocycles. The molecule has 1 amide bonds. The van der Waals surface area contributed by atoms with Crippen molar-refractivity contribution in [2.45, 2.75) is 43.2 Å². The van der Waals surface area contributed by atoms with Crippen LogP contribution in [0.15, 0.2) is 47.4 Å². The van der Waals surface area contributed by atoms with Crippen molar-refractivity contribution >= 4 is 15.9 Å². The van der Waals surface area contributed by atoms with Crippen molar-refractivity contribution in [3.8, 4) is 11.5 Å². The Bertz CT molecular complexity index is 1090. The van der Waals surface area contributed by atoms with E-state index in [1.807, 2.05) is 29.2 Å². The fraction of sp³-hybridized carbons (Fsp3) is 0.435. The fourth-order valence-corrected chi connectivity index (χ4v) is 6.18. The third kappa shape index (κ3) is 3.78. The van der Waals surface area contributed by atoms with E-state index >= 15 is 0 Å². The zero-order valence-electron chi connectivity index (χ0n) is 17.3. The zero-order valence-corrected chi connectivity index (χ0v) is 18.1. The standard InChI is InChI=1S/C23H26N2O5S/c26-23(24-10-4-1-5-11-24)20-14-17-6-2-3-7-18(17)16-25(20)31(27,28)19-8-9-21-22(15-19)30-13-12-29-21/h2-3,6-9,15,20H,1,4-5,10-14,16H2/t20-/m0/s1. The van der Waals surface area contributed by atoms with Gasteiger partial charge in [0.15, 0.2) is 11.5 Å². The van der Waals surface area contributed by atoms with Gasteiger partial charge in [0.05, 0.1) is 4.90 Å². The number of hydrogen-bond acceptors (Lipinski definition) is 5. The molecule has 0 N–H and O–H groups in total. The van der Waals surface area contributed by atoms with Gasteiger partial charge in [-0.15, -0.1) is 0 Å². The van der Waals surface area contributed by atoms with Gasteiger partial charge in [0, 0.05) is 25.7 Å². The quantitative estimate of drug-likeness (QED) is 0.730. The van der Waals surface area contributed by atoms with Crippen LogP contribution in [0.1, 0.15) is 30.4 Å². The molecule has 5 rings (SSSR count). The molecule has 8 heteroatoms. The Kier molecular flexibility index (Phi) is 5.35. The van der Waals surface area contributed by atoms with Gasteiger partial charge in [-0.2, -0.15) is 4.31 Å². The van der Waals surface area contributed by atoms with Gasteiger partial charge in [-0.25, -0.2) is 8.42 Å². The number of benzene rings is 2. The van der Waals surface area contributed by atoms with Gasteiger partial charge in [-0.05, 0) is 48.9 Å². The summed E-state index contributed by atoms with van der Waals surface area (Å²) in [5.74, 6) is 0.856. The predicted octanol–water partition coefficient (Wildman–Crippen LogP) is 2.59. The Hall–Kier alpha value is -2.58. The molecule has 1 atom stereocenters. The predicted molar refractivity (Wildman–Crippen MR) is 115 cm³/mol. The average Bonchev–Trinajstić information content (AvgIpc) is 2.83. The van der Waals surface area contributed by atoms with Crippen LogP contribution in [0.5, 0.6) is 11.5 Å². The molecule has 2 aromatic rings. The number of carbonyl (C=O) groups excluding carboxylic acids is 1. The number of rotatable bonds is 3. The number of amides is 1. The van der Waals surface area contributed by atoms with E-state index in [0.717, 1.165) is 30.4 Å². The molecular formula is C23H26N2O5S. The minimum atomic E-state index is -3.92. The lowest BCUT2D eigenvalue weighted by molar-refractivity contribution is -0.136. The van der Waals surface area contributed by atoms with E-state index in [9.17, 15) is 13.2 Å². The van der Waals surface area contributed by atoms with E-state index in [-0.39, 0.29) is 17.3 Å². The van der Waals surface area contributed by atoms with Crippen LogP contribution in [-0.2, 0) is 27.8 Å². The van der Waals surface area contributed by atoms with Crippen LogP contribution in [0.4, 0.5) is 0 Å². The minimum absolute atomic E-state index is 0.102. The number of sulfonamides is 1. The first-order valence-electron chi connectivity index (χ1n) is 10.8. The van der Waals surface area contributed by atoms with Gasteiger partial charge in [-0.3, -0.25) is 4.79 Å². The van der Waals surface area contributed by atoms with Crippen LogP contribution in [0.3, 0.4) is 0 Å². The Morgan fingerprint density at radius 1 is 0.903 bits per heavy atom. The first-order valence-corrected chi connectivity index (χ1v) is 12.2. The summed E-state index contributed by atoms with van der Waals surface area (Å²) in [6.07, 6.45) is 3.42. The Labute approximate surface area is 182 Å². The van der Waals surface area contributed by atoms with Crippen LogP contribution in [0.25, 0.3) is 0 Å². The van der Waals surface area contributed by atoms with E-state index in [4.69, 9.17) is 9.47 Å². The van der Waals surface area contributed by atoms with Crippen molar-refractivity contribution in [3.63, 3.8) is 0 Å². The first-order chi connectivity index (χ1) is 15.0. The highest BCUT2D eigenvalue weighted by Crippen LogP contribution is 2.36. The summed E-state index contributed by atoms with van der Waals surface area (Å²) in [5.41, 5.74) is 1.97. The van der Waals surface area contributed by atoms with Crippen LogP contribution >= 0.6 is 0 Å². The second-order valence-electron chi connectivity index (χ2n) is 8.23. The fourth-order valence-electron chi connectivity index (χ4n) is 4.61. The summed E-state index contributed by atoms with van der Waals surface area (Å²) in [6, 6.07) is 11.7. The molecule has 7 nitrogen and oxygen atoms in total. The normalized spacial score (nSPS) is 21.4. The van der Waals surface area contributed by atoms with Crippen molar-refractivity contribution in [1.82, 2.24) is 9.21 Å². The van der Waals surface area contributed by atoms with E-state index < -0.39 is 16.1 Å². The second kappa shape index (κ2) is 8.16. The number of piperidine rings is 1. The molecule has 0 aromatic heterocycles. The maximum Gasteiger partial charge on any atom is 0.244 e. The van der Waals surface area contributed by atoms with Crippen LogP contribution in [0, 0.1) is 0 Å². The van der Waals surface area contributed by atoms with Gasteiger partial charge < -0.3 is 14.4 Å². The molecule has 3 heterocycles. The molecule has 0 saturated carbocycles. The highest BCUT2D eigenvalue weighted by Gasteiger charge is 2.41. The van der Waals surface area contributed by atoms with E-state index in [2.05, 4.69) is 0 Å². The lowest BCUT2D eigenvalue weighted by Gasteiger charge is -2.38. The largest absolute Gasteiger partial charge is 0.486 e. The molecule has 3 aliphatic heterocycles. The van der Waals surface area contributed by atoms with Gasteiger partial charge in [0.2, 0.25) is 15.9 Å². The number of ether oxygens (including phenoxy) is 2. The van der Waals surface area contributed by atoms with Gasteiger partial charge in [0.1, 0.15) is 19.3 Å². The third-order valence-corrected chi connectivity index (χ3v) is 8.13. The molecule has 3 aliphatic rings. The first kappa shape index (κ1) is 20.3.